The van der Waals surface area contributed by atoms with Crippen LogP contribution in [0.1, 0.15) is 17.3 Å². The zero-order chi connectivity index (χ0) is 10.6. The van der Waals surface area contributed by atoms with Crippen molar-refractivity contribution >= 4 is 21.8 Å². The molecule has 14 heavy (non-hydrogen) atoms. The molecular formula is C9H12BrNO3. The molecule has 78 valence electrons. The number of furan rings is 1. The first-order chi connectivity index (χ1) is 6.63. The number of amides is 1. The Hall–Kier alpha value is -0.810. The topological polar surface area (TPSA) is 51.5 Å². The highest BCUT2D eigenvalue weighted by Crippen LogP contribution is 2.13. The minimum Gasteiger partial charge on any atom is -0.457 e. The number of carbonyl (C=O) groups excluding carboxylic acids is 1. The average Bonchev–Trinajstić information content (AvgIpc) is 2.52. The molecule has 5 heteroatoms. The predicted molar refractivity (Wildman–Crippen MR) is 55.2 cm³/mol. The van der Waals surface area contributed by atoms with Crippen LogP contribution in [0, 0.1) is 0 Å². The highest BCUT2D eigenvalue weighted by atomic mass is 79.9. The Balaban J connectivity index is 2.50. The van der Waals surface area contributed by atoms with Gasteiger partial charge in [-0.05, 0) is 22.9 Å². The number of carbonyl (C=O) groups is 1. The quantitative estimate of drug-likeness (QED) is 0.900. The maximum absolute atomic E-state index is 11.5. The van der Waals surface area contributed by atoms with Gasteiger partial charge in [0, 0.05) is 19.2 Å². The molecule has 1 aromatic rings. The number of hydrogen-bond acceptors (Lipinski definition) is 3. The molecule has 0 radical (unpaired) electrons. The molecule has 0 unspecified atom stereocenters. The van der Waals surface area contributed by atoms with Gasteiger partial charge >= 0.3 is 0 Å². The monoisotopic (exact) mass is 261 g/mol. The van der Waals surface area contributed by atoms with Crippen molar-refractivity contribution in [3.8, 4) is 0 Å². The average molecular weight is 262 g/mol. The van der Waals surface area contributed by atoms with Crippen LogP contribution in [0.2, 0.25) is 0 Å². The lowest BCUT2D eigenvalue weighted by atomic mass is 10.3. The molecule has 1 rings (SSSR count). The second-order valence-corrected chi connectivity index (χ2v) is 3.75. The van der Waals surface area contributed by atoms with E-state index < -0.39 is 0 Å². The van der Waals surface area contributed by atoms with Crippen LogP contribution >= 0.6 is 15.9 Å². The van der Waals surface area contributed by atoms with Gasteiger partial charge in [-0.2, -0.15) is 0 Å². The van der Waals surface area contributed by atoms with Crippen LogP contribution in [0.25, 0.3) is 0 Å². The third-order valence-corrected chi connectivity index (χ3v) is 2.04. The molecular weight excluding hydrogens is 250 g/mol. The normalized spacial score (nSPS) is 12.5. The number of methoxy groups -OCH3 is 1. The first-order valence-electron chi connectivity index (χ1n) is 4.17. The van der Waals surface area contributed by atoms with Crippen molar-refractivity contribution in [1.82, 2.24) is 5.32 Å². The second kappa shape index (κ2) is 5.17. The van der Waals surface area contributed by atoms with Crippen LogP contribution in [0.3, 0.4) is 0 Å². The van der Waals surface area contributed by atoms with Gasteiger partial charge in [0.2, 0.25) is 0 Å². The van der Waals surface area contributed by atoms with Gasteiger partial charge in [0.25, 0.3) is 5.91 Å². The highest BCUT2D eigenvalue weighted by molar-refractivity contribution is 9.10. The predicted octanol–water partition coefficient (Wildman–Crippen LogP) is 1.81. The van der Waals surface area contributed by atoms with Gasteiger partial charge in [-0.3, -0.25) is 4.79 Å². The fraction of sp³-hybridized carbons (Fsp3) is 0.444. The molecule has 1 amide bonds. The summed E-state index contributed by atoms with van der Waals surface area (Å²) in [5.41, 5.74) is 0.500. The number of halogens is 1. The van der Waals surface area contributed by atoms with Crippen molar-refractivity contribution < 1.29 is 13.9 Å². The van der Waals surface area contributed by atoms with Gasteiger partial charge in [-0.25, -0.2) is 0 Å². The van der Waals surface area contributed by atoms with Crippen LogP contribution in [0.15, 0.2) is 21.4 Å². The second-order valence-electron chi connectivity index (χ2n) is 2.97. The van der Waals surface area contributed by atoms with Crippen LogP contribution < -0.4 is 5.32 Å². The molecule has 1 heterocycles. The molecule has 0 bridgehead atoms. The maximum Gasteiger partial charge on any atom is 0.254 e. The Bertz CT molecular complexity index is 311. The Kier molecular flexibility index (Phi) is 4.16. The van der Waals surface area contributed by atoms with E-state index in [1.165, 1.54) is 6.26 Å². The van der Waals surface area contributed by atoms with E-state index in [1.54, 1.807) is 13.2 Å². The highest BCUT2D eigenvalue weighted by Gasteiger charge is 2.11. The minimum atomic E-state index is -0.163. The fourth-order valence-corrected chi connectivity index (χ4v) is 1.37. The molecule has 0 fully saturated rings. The standard InChI is InChI=1S/C9H12BrNO3/c1-6(4-13-2)11-9(12)7-3-8(10)14-5-7/h3,5-6H,4H2,1-2H3,(H,11,12)/t6-/m1/s1. The van der Waals surface area contributed by atoms with E-state index in [4.69, 9.17) is 9.15 Å². The van der Waals surface area contributed by atoms with Crippen LogP contribution in [-0.2, 0) is 4.74 Å². The molecule has 0 aliphatic carbocycles. The largest absolute Gasteiger partial charge is 0.457 e. The Morgan fingerprint density at radius 1 is 1.79 bits per heavy atom. The smallest absolute Gasteiger partial charge is 0.254 e. The molecule has 1 aromatic heterocycles. The zero-order valence-corrected chi connectivity index (χ0v) is 9.63. The van der Waals surface area contributed by atoms with Gasteiger partial charge in [0.05, 0.1) is 12.2 Å². The summed E-state index contributed by atoms with van der Waals surface area (Å²) in [6.07, 6.45) is 1.40. The molecule has 1 N–H and O–H groups in total. The van der Waals surface area contributed by atoms with Gasteiger partial charge in [0.1, 0.15) is 6.26 Å². The fourth-order valence-electron chi connectivity index (χ4n) is 1.03. The summed E-state index contributed by atoms with van der Waals surface area (Å²) in [5.74, 6) is -0.163. The lowest BCUT2D eigenvalue weighted by Crippen LogP contribution is -2.35. The first kappa shape index (κ1) is 11.3. The molecule has 0 spiro atoms. The number of nitrogens with one attached hydrogen (secondary N) is 1. The van der Waals surface area contributed by atoms with E-state index >= 15 is 0 Å². The van der Waals surface area contributed by atoms with Crippen molar-refractivity contribution in [1.29, 1.82) is 0 Å². The van der Waals surface area contributed by atoms with Crippen molar-refractivity contribution in [3.05, 3.63) is 22.6 Å². The Morgan fingerprint density at radius 3 is 3.00 bits per heavy atom. The van der Waals surface area contributed by atoms with Crippen molar-refractivity contribution in [2.75, 3.05) is 13.7 Å². The number of ether oxygens (including phenoxy) is 1. The Labute approximate surface area is 90.7 Å². The summed E-state index contributed by atoms with van der Waals surface area (Å²) < 4.78 is 10.4. The Morgan fingerprint density at radius 2 is 2.50 bits per heavy atom. The van der Waals surface area contributed by atoms with Crippen molar-refractivity contribution in [2.24, 2.45) is 0 Å². The van der Waals surface area contributed by atoms with E-state index in [-0.39, 0.29) is 11.9 Å². The third kappa shape index (κ3) is 3.16. The molecule has 0 aliphatic rings. The van der Waals surface area contributed by atoms with E-state index in [0.29, 0.717) is 16.8 Å². The van der Waals surface area contributed by atoms with Gasteiger partial charge in [-0.15, -0.1) is 0 Å². The summed E-state index contributed by atoms with van der Waals surface area (Å²) in [5, 5.41) is 2.77. The van der Waals surface area contributed by atoms with Crippen LogP contribution in [-0.4, -0.2) is 25.7 Å². The molecule has 0 aromatic carbocycles. The number of rotatable bonds is 4. The number of hydrogen-bond donors (Lipinski definition) is 1. The van der Waals surface area contributed by atoms with Gasteiger partial charge < -0.3 is 14.5 Å². The van der Waals surface area contributed by atoms with E-state index in [9.17, 15) is 4.79 Å². The summed E-state index contributed by atoms with van der Waals surface area (Å²) >= 11 is 3.13. The maximum atomic E-state index is 11.5. The van der Waals surface area contributed by atoms with Crippen LogP contribution in [0.5, 0.6) is 0 Å². The van der Waals surface area contributed by atoms with Gasteiger partial charge in [-0.1, -0.05) is 0 Å². The van der Waals surface area contributed by atoms with Crippen molar-refractivity contribution in [3.63, 3.8) is 0 Å². The van der Waals surface area contributed by atoms with E-state index in [2.05, 4.69) is 21.2 Å². The zero-order valence-electron chi connectivity index (χ0n) is 8.04. The van der Waals surface area contributed by atoms with Crippen molar-refractivity contribution in [2.45, 2.75) is 13.0 Å². The molecule has 4 nitrogen and oxygen atoms in total. The molecule has 0 saturated heterocycles. The molecule has 0 aliphatic heterocycles. The SMILES string of the molecule is COC[C@@H](C)NC(=O)c1coc(Br)c1. The summed E-state index contributed by atoms with van der Waals surface area (Å²) in [7, 11) is 1.59. The third-order valence-electron chi connectivity index (χ3n) is 1.62. The first-order valence-corrected chi connectivity index (χ1v) is 4.96. The molecule has 1 atom stereocenters. The van der Waals surface area contributed by atoms with E-state index in [1.807, 2.05) is 6.92 Å². The summed E-state index contributed by atoms with van der Waals surface area (Å²) in [6, 6.07) is 1.61. The summed E-state index contributed by atoms with van der Waals surface area (Å²) in [6.45, 7) is 2.36. The van der Waals surface area contributed by atoms with E-state index in [0.717, 1.165) is 0 Å². The summed E-state index contributed by atoms with van der Waals surface area (Å²) in [4.78, 5) is 11.5. The van der Waals surface area contributed by atoms with Gasteiger partial charge in [0.15, 0.2) is 4.67 Å². The van der Waals surface area contributed by atoms with Crippen LogP contribution in [0.4, 0.5) is 0 Å². The molecule has 0 saturated carbocycles. The lowest BCUT2D eigenvalue weighted by molar-refractivity contribution is 0.0905. The lowest BCUT2D eigenvalue weighted by Gasteiger charge is -2.11. The minimum absolute atomic E-state index is 0.0128.